The summed E-state index contributed by atoms with van der Waals surface area (Å²) in [7, 11) is 0. The lowest BCUT2D eigenvalue weighted by molar-refractivity contribution is 0.521. The summed E-state index contributed by atoms with van der Waals surface area (Å²) in [5.74, 6) is 1.35. The maximum absolute atomic E-state index is 5.58. The fourth-order valence-electron chi connectivity index (χ4n) is 1.69. The van der Waals surface area contributed by atoms with Crippen molar-refractivity contribution in [1.82, 2.24) is 9.97 Å². The zero-order chi connectivity index (χ0) is 10.9. The molecule has 1 aliphatic rings. The molecule has 0 aliphatic heterocycles. The van der Waals surface area contributed by atoms with Gasteiger partial charge in [-0.25, -0.2) is 0 Å². The van der Waals surface area contributed by atoms with Crippen LogP contribution in [0.2, 0.25) is 0 Å². The SMILES string of the molecule is CCC1(CNc2cc(N)nc(N)n2)CC1. The van der Waals surface area contributed by atoms with Gasteiger partial charge in [0.15, 0.2) is 0 Å². The first-order valence-corrected chi connectivity index (χ1v) is 5.27. The highest BCUT2D eigenvalue weighted by Crippen LogP contribution is 2.48. The van der Waals surface area contributed by atoms with Crippen LogP contribution < -0.4 is 16.8 Å². The molecule has 1 aliphatic carbocycles. The van der Waals surface area contributed by atoms with Crippen molar-refractivity contribution in [2.75, 3.05) is 23.3 Å². The van der Waals surface area contributed by atoms with Crippen LogP contribution in [-0.2, 0) is 0 Å². The van der Waals surface area contributed by atoms with E-state index in [1.807, 2.05) is 0 Å². The molecule has 5 heteroatoms. The van der Waals surface area contributed by atoms with Gasteiger partial charge in [0.1, 0.15) is 11.6 Å². The number of nitrogens with two attached hydrogens (primary N) is 2. The third-order valence-corrected chi connectivity index (χ3v) is 3.11. The van der Waals surface area contributed by atoms with Gasteiger partial charge in [-0.15, -0.1) is 0 Å². The molecule has 1 aromatic heterocycles. The van der Waals surface area contributed by atoms with Crippen LogP contribution in [0.3, 0.4) is 0 Å². The summed E-state index contributed by atoms with van der Waals surface area (Å²) >= 11 is 0. The molecule has 0 aromatic carbocycles. The average molecular weight is 207 g/mol. The Balaban J connectivity index is 1.99. The first-order valence-electron chi connectivity index (χ1n) is 5.27. The molecule has 1 aromatic rings. The molecule has 82 valence electrons. The topological polar surface area (TPSA) is 89.8 Å². The van der Waals surface area contributed by atoms with Gasteiger partial charge in [0, 0.05) is 12.6 Å². The van der Waals surface area contributed by atoms with E-state index in [-0.39, 0.29) is 5.95 Å². The highest BCUT2D eigenvalue weighted by molar-refractivity contribution is 5.48. The van der Waals surface area contributed by atoms with E-state index in [0.29, 0.717) is 11.2 Å². The maximum Gasteiger partial charge on any atom is 0.223 e. The van der Waals surface area contributed by atoms with Crippen molar-refractivity contribution >= 4 is 17.6 Å². The van der Waals surface area contributed by atoms with E-state index in [1.54, 1.807) is 6.07 Å². The number of hydrogen-bond acceptors (Lipinski definition) is 5. The van der Waals surface area contributed by atoms with Crippen LogP contribution in [0.4, 0.5) is 17.6 Å². The molecule has 1 heterocycles. The Hall–Kier alpha value is -1.52. The molecule has 0 radical (unpaired) electrons. The Labute approximate surface area is 89.3 Å². The number of aromatic nitrogens is 2. The second kappa shape index (κ2) is 3.56. The molecule has 0 atom stereocenters. The van der Waals surface area contributed by atoms with Crippen molar-refractivity contribution < 1.29 is 0 Å². The van der Waals surface area contributed by atoms with Gasteiger partial charge in [0.05, 0.1) is 0 Å². The van der Waals surface area contributed by atoms with Gasteiger partial charge in [0.2, 0.25) is 5.95 Å². The number of hydrogen-bond donors (Lipinski definition) is 3. The molecule has 0 unspecified atom stereocenters. The summed E-state index contributed by atoms with van der Waals surface area (Å²) < 4.78 is 0. The molecule has 1 fully saturated rings. The predicted octanol–water partition coefficient (Wildman–Crippen LogP) is 1.24. The number of nitrogens with zero attached hydrogens (tertiary/aromatic N) is 2. The molecular weight excluding hydrogens is 190 g/mol. The van der Waals surface area contributed by atoms with E-state index in [0.717, 1.165) is 12.4 Å². The Morgan fingerprint density at radius 2 is 2.13 bits per heavy atom. The minimum atomic E-state index is 0.221. The van der Waals surface area contributed by atoms with Crippen LogP contribution in [0.5, 0.6) is 0 Å². The normalized spacial score (nSPS) is 17.4. The highest BCUT2D eigenvalue weighted by atomic mass is 15.1. The number of nitrogen functional groups attached to an aromatic ring is 2. The van der Waals surface area contributed by atoms with Crippen molar-refractivity contribution in [2.24, 2.45) is 5.41 Å². The first kappa shape index (κ1) is 10.0. The standard InChI is InChI=1S/C10H17N5/c1-2-10(3-4-10)6-13-8-5-7(11)14-9(12)15-8/h5H,2-4,6H2,1H3,(H5,11,12,13,14,15). The predicted molar refractivity (Wildman–Crippen MR) is 61.3 cm³/mol. The third kappa shape index (κ3) is 2.29. The van der Waals surface area contributed by atoms with Gasteiger partial charge in [-0.3, -0.25) is 0 Å². The van der Waals surface area contributed by atoms with E-state index < -0.39 is 0 Å². The Morgan fingerprint density at radius 3 is 2.67 bits per heavy atom. The van der Waals surface area contributed by atoms with Crippen LogP contribution in [-0.4, -0.2) is 16.5 Å². The van der Waals surface area contributed by atoms with Crippen molar-refractivity contribution in [1.29, 1.82) is 0 Å². The zero-order valence-corrected chi connectivity index (χ0v) is 8.95. The largest absolute Gasteiger partial charge is 0.383 e. The third-order valence-electron chi connectivity index (χ3n) is 3.11. The van der Waals surface area contributed by atoms with Crippen molar-refractivity contribution in [3.05, 3.63) is 6.07 Å². The van der Waals surface area contributed by atoms with E-state index in [2.05, 4.69) is 22.2 Å². The molecule has 0 saturated heterocycles. The minimum absolute atomic E-state index is 0.221. The van der Waals surface area contributed by atoms with Crippen LogP contribution in [0.1, 0.15) is 26.2 Å². The zero-order valence-electron chi connectivity index (χ0n) is 8.95. The number of rotatable bonds is 4. The summed E-state index contributed by atoms with van der Waals surface area (Å²) in [4.78, 5) is 7.89. The lowest BCUT2D eigenvalue weighted by Gasteiger charge is -2.14. The van der Waals surface area contributed by atoms with Crippen molar-refractivity contribution in [3.63, 3.8) is 0 Å². The quantitative estimate of drug-likeness (QED) is 0.691. The molecule has 1 saturated carbocycles. The Kier molecular flexibility index (Phi) is 2.38. The van der Waals surface area contributed by atoms with Crippen molar-refractivity contribution in [3.8, 4) is 0 Å². The molecule has 0 amide bonds. The van der Waals surface area contributed by atoms with E-state index >= 15 is 0 Å². The van der Waals surface area contributed by atoms with Gasteiger partial charge < -0.3 is 16.8 Å². The van der Waals surface area contributed by atoms with Gasteiger partial charge in [-0.05, 0) is 24.7 Å². The van der Waals surface area contributed by atoms with E-state index in [9.17, 15) is 0 Å². The van der Waals surface area contributed by atoms with Gasteiger partial charge in [-0.1, -0.05) is 6.92 Å². The van der Waals surface area contributed by atoms with Gasteiger partial charge in [-0.2, -0.15) is 9.97 Å². The fourth-order valence-corrected chi connectivity index (χ4v) is 1.69. The Morgan fingerprint density at radius 1 is 1.40 bits per heavy atom. The van der Waals surface area contributed by atoms with Crippen LogP contribution in [0.15, 0.2) is 6.07 Å². The summed E-state index contributed by atoms with van der Waals surface area (Å²) in [6.45, 7) is 3.16. The van der Waals surface area contributed by atoms with Gasteiger partial charge >= 0.3 is 0 Å². The van der Waals surface area contributed by atoms with Crippen LogP contribution in [0, 0.1) is 5.41 Å². The lowest BCUT2D eigenvalue weighted by Crippen LogP contribution is -2.16. The van der Waals surface area contributed by atoms with Crippen LogP contribution in [0.25, 0.3) is 0 Å². The fraction of sp³-hybridized carbons (Fsp3) is 0.600. The number of nitrogens with one attached hydrogen (secondary N) is 1. The van der Waals surface area contributed by atoms with E-state index in [4.69, 9.17) is 11.5 Å². The van der Waals surface area contributed by atoms with Gasteiger partial charge in [0.25, 0.3) is 0 Å². The lowest BCUT2D eigenvalue weighted by atomic mass is 10.0. The summed E-state index contributed by atoms with van der Waals surface area (Å²) in [6.07, 6.45) is 3.80. The van der Waals surface area contributed by atoms with E-state index in [1.165, 1.54) is 19.3 Å². The highest BCUT2D eigenvalue weighted by Gasteiger charge is 2.40. The smallest absolute Gasteiger partial charge is 0.223 e. The molecule has 0 bridgehead atoms. The van der Waals surface area contributed by atoms with Crippen molar-refractivity contribution in [2.45, 2.75) is 26.2 Å². The summed E-state index contributed by atoms with van der Waals surface area (Å²) in [5, 5.41) is 3.27. The molecule has 5 N–H and O–H groups in total. The molecule has 5 nitrogen and oxygen atoms in total. The molecule has 0 spiro atoms. The molecule has 2 rings (SSSR count). The Bertz CT molecular complexity index is 339. The second-order valence-corrected chi connectivity index (χ2v) is 4.24. The molecule has 15 heavy (non-hydrogen) atoms. The number of anilines is 3. The maximum atomic E-state index is 5.58. The summed E-state index contributed by atoms with van der Waals surface area (Å²) in [6, 6.07) is 1.71. The van der Waals surface area contributed by atoms with Crippen LogP contribution >= 0.6 is 0 Å². The first-order chi connectivity index (χ1) is 7.13. The molecular formula is C10H17N5. The minimum Gasteiger partial charge on any atom is -0.383 e. The average Bonchev–Trinajstić information content (AvgIpc) is 2.94. The summed E-state index contributed by atoms with van der Waals surface area (Å²) in [5.41, 5.74) is 11.6. The monoisotopic (exact) mass is 207 g/mol. The second-order valence-electron chi connectivity index (χ2n) is 4.24.